The van der Waals surface area contributed by atoms with E-state index in [1.165, 1.54) is 44.9 Å². The second kappa shape index (κ2) is 5.96. The first-order valence-electron chi connectivity index (χ1n) is 11.1. The molecule has 0 heterocycles. The number of fused-ring (bicyclic) bond motifs is 5. The van der Waals surface area contributed by atoms with Gasteiger partial charge in [0, 0.05) is 0 Å². The molecule has 0 spiro atoms. The fraction of sp³-hybridized carbons (Fsp3) is 1.00. The van der Waals surface area contributed by atoms with Gasteiger partial charge in [0.25, 0.3) is 0 Å². The van der Waals surface area contributed by atoms with Gasteiger partial charge in [-0.15, -0.1) is 0 Å². The standard InChI is InChI=1S/C23H40O2/c1-5-20(24)19-9-8-17-16-7-6-15-14-21(2,25)12-13-22(15,3)18(16)10-11-23(17,19)4/h15-20,24-25H,5-14H2,1-4H3/t15-,16-,17-,18-,19+,20?,21+,22-,23-/m0/s1. The van der Waals surface area contributed by atoms with Crippen LogP contribution in [0.5, 0.6) is 0 Å². The zero-order chi connectivity index (χ0) is 18.0. The number of rotatable bonds is 2. The van der Waals surface area contributed by atoms with Crippen molar-refractivity contribution < 1.29 is 10.2 Å². The van der Waals surface area contributed by atoms with E-state index in [0.29, 0.717) is 16.7 Å². The van der Waals surface area contributed by atoms with Gasteiger partial charge in [0.2, 0.25) is 0 Å². The van der Waals surface area contributed by atoms with Crippen LogP contribution in [0.4, 0.5) is 0 Å². The van der Waals surface area contributed by atoms with Crippen molar-refractivity contribution in [2.75, 3.05) is 0 Å². The van der Waals surface area contributed by atoms with Gasteiger partial charge in [-0.05, 0) is 112 Å². The van der Waals surface area contributed by atoms with Crippen LogP contribution in [0.3, 0.4) is 0 Å². The molecule has 4 saturated carbocycles. The van der Waals surface area contributed by atoms with Crippen LogP contribution in [0.1, 0.15) is 91.9 Å². The number of aliphatic hydroxyl groups is 2. The quantitative estimate of drug-likeness (QED) is 0.723. The van der Waals surface area contributed by atoms with E-state index in [1.807, 2.05) is 0 Å². The fourth-order valence-corrected chi connectivity index (χ4v) is 8.39. The Morgan fingerprint density at radius 2 is 1.60 bits per heavy atom. The molecule has 0 aromatic rings. The zero-order valence-corrected chi connectivity index (χ0v) is 16.9. The Morgan fingerprint density at radius 1 is 0.880 bits per heavy atom. The first kappa shape index (κ1) is 18.3. The highest BCUT2D eigenvalue weighted by Crippen LogP contribution is 2.68. The van der Waals surface area contributed by atoms with Crippen LogP contribution >= 0.6 is 0 Å². The second-order valence-corrected chi connectivity index (χ2v) is 11.1. The van der Waals surface area contributed by atoms with Crippen molar-refractivity contribution in [1.82, 2.24) is 0 Å². The average Bonchev–Trinajstić information content (AvgIpc) is 2.92. The first-order chi connectivity index (χ1) is 11.7. The summed E-state index contributed by atoms with van der Waals surface area (Å²) in [5, 5.41) is 21.2. The van der Waals surface area contributed by atoms with Crippen molar-refractivity contribution in [3.05, 3.63) is 0 Å². The van der Waals surface area contributed by atoms with Crippen LogP contribution in [-0.4, -0.2) is 21.9 Å². The molecule has 2 heteroatoms. The Hall–Kier alpha value is -0.0800. The van der Waals surface area contributed by atoms with Crippen LogP contribution in [0.15, 0.2) is 0 Å². The molecule has 144 valence electrons. The topological polar surface area (TPSA) is 40.5 Å². The van der Waals surface area contributed by atoms with Crippen LogP contribution in [-0.2, 0) is 0 Å². The molecular formula is C23H40O2. The summed E-state index contributed by atoms with van der Waals surface area (Å²) in [5.41, 5.74) is 0.401. The predicted octanol–water partition coefficient (Wildman–Crippen LogP) is 5.17. The second-order valence-electron chi connectivity index (χ2n) is 11.1. The summed E-state index contributed by atoms with van der Waals surface area (Å²) in [4.78, 5) is 0. The molecule has 0 bridgehead atoms. The van der Waals surface area contributed by atoms with E-state index in [9.17, 15) is 10.2 Å². The van der Waals surface area contributed by atoms with E-state index in [1.54, 1.807) is 0 Å². The van der Waals surface area contributed by atoms with Gasteiger partial charge in [0.15, 0.2) is 0 Å². The first-order valence-corrected chi connectivity index (χ1v) is 11.1. The molecule has 0 radical (unpaired) electrons. The Bertz CT molecular complexity index is 514. The minimum absolute atomic E-state index is 0.0942. The van der Waals surface area contributed by atoms with E-state index >= 15 is 0 Å². The lowest BCUT2D eigenvalue weighted by Crippen LogP contribution is -2.55. The summed E-state index contributed by atoms with van der Waals surface area (Å²) < 4.78 is 0. The summed E-state index contributed by atoms with van der Waals surface area (Å²) in [7, 11) is 0. The van der Waals surface area contributed by atoms with Crippen molar-refractivity contribution in [2.45, 2.75) is 104 Å². The third-order valence-corrected chi connectivity index (χ3v) is 9.91. The Balaban J connectivity index is 1.58. The maximum atomic E-state index is 10.6. The van der Waals surface area contributed by atoms with Gasteiger partial charge < -0.3 is 10.2 Å². The molecule has 4 rings (SSSR count). The molecule has 0 amide bonds. The molecule has 25 heavy (non-hydrogen) atoms. The summed E-state index contributed by atoms with van der Waals surface area (Å²) in [6.07, 6.45) is 12.0. The van der Waals surface area contributed by atoms with Crippen molar-refractivity contribution in [1.29, 1.82) is 0 Å². The van der Waals surface area contributed by atoms with E-state index in [0.717, 1.165) is 42.9 Å². The fourth-order valence-electron chi connectivity index (χ4n) is 8.39. The largest absolute Gasteiger partial charge is 0.393 e. The predicted molar refractivity (Wildman–Crippen MR) is 102 cm³/mol. The number of hydrogen-bond acceptors (Lipinski definition) is 2. The lowest BCUT2D eigenvalue weighted by atomic mass is 9.44. The lowest BCUT2D eigenvalue weighted by Gasteiger charge is -2.62. The van der Waals surface area contributed by atoms with Crippen molar-refractivity contribution in [3.63, 3.8) is 0 Å². The summed E-state index contributed by atoms with van der Waals surface area (Å²) >= 11 is 0. The van der Waals surface area contributed by atoms with Gasteiger partial charge in [0.1, 0.15) is 0 Å². The van der Waals surface area contributed by atoms with Gasteiger partial charge >= 0.3 is 0 Å². The number of hydrogen-bond donors (Lipinski definition) is 2. The Morgan fingerprint density at radius 3 is 2.32 bits per heavy atom. The van der Waals surface area contributed by atoms with Gasteiger partial charge in [0.05, 0.1) is 11.7 Å². The van der Waals surface area contributed by atoms with Gasteiger partial charge in [-0.2, -0.15) is 0 Å². The molecule has 0 saturated heterocycles. The maximum Gasteiger partial charge on any atom is 0.0622 e. The van der Waals surface area contributed by atoms with E-state index in [-0.39, 0.29) is 6.10 Å². The van der Waals surface area contributed by atoms with Gasteiger partial charge in [-0.1, -0.05) is 20.8 Å². The van der Waals surface area contributed by atoms with Crippen LogP contribution in [0, 0.1) is 40.4 Å². The Kier molecular flexibility index (Phi) is 4.36. The molecule has 4 aliphatic carbocycles. The third-order valence-electron chi connectivity index (χ3n) is 9.91. The normalized spacial score (nSPS) is 56.6. The Labute approximate surface area is 154 Å². The minimum Gasteiger partial charge on any atom is -0.393 e. The molecule has 2 nitrogen and oxygen atoms in total. The van der Waals surface area contributed by atoms with Gasteiger partial charge in [-0.25, -0.2) is 0 Å². The highest BCUT2D eigenvalue weighted by atomic mass is 16.3. The van der Waals surface area contributed by atoms with Crippen LogP contribution in [0.25, 0.3) is 0 Å². The molecule has 9 atom stereocenters. The molecule has 2 N–H and O–H groups in total. The average molecular weight is 349 g/mol. The van der Waals surface area contributed by atoms with Crippen molar-refractivity contribution >= 4 is 0 Å². The van der Waals surface area contributed by atoms with E-state index in [2.05, 4.69) is 27.7 Å². The molecule has 0 aromatic heterocycles. The highest BCUT2D eigenvalue weighted by Gasteiger charge is 2.61. The van der Waals surface area contributed by atoms with Crippen LogP contribution in [0.2, 0.25) is 0 Å². The third kappa shape index (κ3) is 2.64. The SMILES string of the molecule is CCC(O)[C@H]1CC[C@H]2[C@@H]3CC[C@H]4C[C@](C)(O)CC[C@]4(C)[C@H]3CC[C@]12C. The molecular weight excluding hydrogens is 308 g/mol. The zero-order valence-electron chi connectivity index (χ0n) is 16.9. The molecule has 0 aliphatic heterocycles. The summed E-state index contributed by atoms with van der Waals surface area (Å²) in [5.74, 6) is 3.81. The molecule has 1 unspecified atom stereocenters. The molecule has 4 fully saturated rings. The van der Waals surface area contributed by atoms with E-state index in [4.69, 9.17) is 0 Å². The van der Waals surface area contributed by atoms with Crippen molar-refractivity contribution in [3.8, 4) is 0 Å². The van der Waals surface area contributed by atoms with Crippen LogP contribution < -0.4 is 0 Å². The summed E-state index contributed by atoms with van der Waals surface area (Å²) in [6, 6.07) is 0. The van der Waals surface area contributed by atoms with Gasteiger partial charge in [-0.3, -0.25) is 0 Å². The lowest BCUT2D eigenvalue weighted by molar-refractivity contribution is -0.150. The highest BCUT2D eigenvalue weighted by molar-refractivity contribution is 5.10. The van der Waals surface area contributed by atoms with E-state index < -0.39 is 5.60 Å². The molecule has 0 aromatic carbocycles. The summed E-state index contributed by atoms with van der Waals surface area (Å²) in [6.45, 7) is 9.29. The number of aliphatic hydroxyl groups excluding tert-OH is 1. The monoisotopic (exact) mass is 348 g/mol. The smallest absolute Gasteiger partial charge is 0.0622 e. The van der Waals surface area contributed by atoms with Crippen molar-refractivity contribution in [2.24, 2.45) is 40.4 Å². The maximum absolute atomic E-state index is 10.6. The molecule has 4 aliphatic rings. The minimum atomic E-state index is -0.427.